The summed E-state index contributed by atoms with van der Waals surface area (Å²) in [5, 5.41) is -0.468. The van der Waals surface area contributed by atoms with Crippen molar-refractivity contribution in [2.45, 2.75) is 31.7 Å². The second-order valence-electron chi connectivity index (χ2n) is 6.94. The van der Waals surface area contributed by atoms with Gasteiger partial charge >= 0.3 is 5.97 Å². The molecule has 0 bridgehead atoms. The molecule has 0 aromatic carbocycles. The molecule has 0 radical (unpaired) electrons. The lowest BCUT2D eigenvalue weighted by Gasteiger charge is -2.46. The number of likely N-dealkylation sites (tertiary alicyclic amines) is 1. The van der Waals surface area contributed by atoms with Gasteiger partial charge in [0.2, 0.25) is 15.9 Å². The third-order valence-corrected chi connectivity index (χ3v) is 7.26. The molecule has 2 heterocycles. The van der Waals surface area contributed by atoms with E-state index in [1.54, 1.807) is 19.0 Å². The van der Waals surface area contributed by atoms with Crippen LogP contribution in [0.1, 0.15) is 20.3 Å². The van der Waals surface area contributed by atoms with E-state index >= 15 is 0 Å². The molecule has 0 N–H and O–H groups in total. The minimum Gasteiger partial charge on any atom is -0.467 e. The van der Waals surface area contributed by atoms with Crippen molar-refractivity contribution in [2.75, 3.05) is 40.8 Å². The molecule has 0 saturated carbocycles. The Labute approximate surface area is 143 Å². The van der Waals surface area contributed by atoms with Gasteiger partial charge in [0.25, 0.3) is 0 Å². The lowest BCUT2D eigenvalue weighted by atomic mass is 9.97. The predicted octanol–water partition coefficient (Wildman–Crippen LogP) is -0.434. The van der Waals surface area contributed by atoms with Crippen molar-refractivity contribution < 1.29 is 22.7 Å². The maximum atomic E-state index is 12.6. The van der Waals surface area contributed by atoms with Crippen molar-refractivity contribution in [1.29, 1.82) is 0 Å². The van der Waals surface area contributed by atoms with Gasteiger partial charge in [0.05, 0.1) is 13.0 Å². The molecule has 1 amide bonds. The first-order valence-electron chi connectivity index (χ1n) is 8.15. The zero-order valence-electron chi connectivity index (χ0n) is 14.9. The smallest absolute Gasteiger partial charge is 0.328 e. The van der Waals surface area contributed by atoms with Gasteiger partial charge in [0.15, 0.2) is 0 Å². The summed E-state index contributed by atoms with van der Waals surface area (Å²) in [7, 11) is 1.28. The summed E-state index contributed by atoms with van der Waals surface area (Å²) in [6.07, 6.45) is 0.631. The number of hydrogen-bond donors (Lipinski definition) is 0. The minimum absolute atomic E-state index is 0.0880. The highest BCUT2D eigenvalue weighted by Crippen LogP contribution is 2.30. The summed E-state index contributed by atoms with van der Waals surface area (Å²) >= 11 is 0. The first-order chi connectivity index (χ1) is 11.1. The molecule has 24 heavy (non-hydrogen) atoms. The summed E-state index contributed by atoms with van der Waals surface area (Å²) in [4.78, 5) is 27.6. The Kier molecular flexibility index (Phi) is 5.56. The van der Waals surface area contributed by atoms with Crippen LogP contribution in [0.25, 0.3) is 0 Å². The summed E-state index contributed by atoms with van der Waals surface area (Å²) in [6.45, 7) is 4.83. The number of amides is 1. The van der Waals surface area contributed by atoms with Gasteiger partial charge in [-0.2, -0.15) is 4.31 Å². The molecule has 0 aliphatic carbocycles. The van der Waals surface area contributed by atoms with Crippen LogP contribution in [-0.2, 0) is 24.3 Å². The summed E-state index contributed by atoms with van der Waals surface area (Å²) in [5.74, 6) is -1.16. The minimum atomic E-state index is -3.37. The first kappa shape index (κ1) is 19.1. The summed E-state index contributed by atoms with van der Waals surface area (Å²) < 4.78 is 31.0. The van der Waals surface area contributed by atoms with Crippen LogP contribution < -0.4 is 0 Å². The third kappa shape index (κ3) is 3.29. The first-order valence-corrected chi connectivity index (χ1v) is 9.65. The van der Waals surface area contributed by atoms with Crippen molar-refractivity contribution in [3.05, 3.63) is 0 Å². The number of likely N-dealkylation sites (N-methyl/N-ethyl adjacent to an activating group) is 1. The normalized spacial score (nSPS) is 24.2. The standard InChI is InChI=1S/C15H27N3O5S/c1-10(2)13(15(20)23-5)17(4)14(19)11-8-18(9-11)24(21,22)12-6-7-16(12)3/h10-13H,6-9H2,1-5H3/t12-,13?/m1/s1. The highest BCUT2D eigenvalue weighted by Gasteiger charge is 2.48. The molecule has 8 nitrogen and oxygen atoms in total. The number of nitrogens with zero attached hydrogens (tertiary/aromatic N) is 3. The molecule has 2 saturated heterocycles. The molecule has 0 aromatic heterocycles. The second kappa shape index (κ2) is 6.97. The number of hydrogen-bond acceptors (Lipinski definition) is 6. The van der Waals surface area contributed by atoms with Gasteiger partial charge in [-0.3, -0.25) is 9.69 Å². The Hall–Kier alpha value is -1.19. The van der Waals surface area contributed by atoms with Crippen LogP contribution in [0.2, 0.25) is 0 Å². The van der Waals surface area contributed by atoms with Crippen LogP contribution in [0, 0.1) is 11.8 Å². The number of rotatable bonds is 6. The number of carbonyl (C=O) groups is 2. The fourth-order valence-electron chi connectivity index (χ4n) is 3.27. The van der Waals surface area contributed by atoms with E-state index in [9.17, 15) is 18.0 Å². The topological polar surface area (TPSA) is 87.2 Å². The molecular weight excluding hydrogens is 334 g/mol. The number of sulfonamides is 1. The largest absolute Gasteiger partial charge is 0.467 e. The second-order valence-corrected chi connectivity index (χ2v) is 9.03. The molecular formula is C15H27N3O5S. The Bertz CT molecular complexity index is 600. The van der Waals surface area contributed by atoms with E-state index in [1.807, 2.05) is 13.8 Å². The monoisotopic (exact) mass is 361 g/mol. The molecule has 2 rings (SSSR count). The average molecular weight is 361 g/mol. The van der Waals surface area contributed by atoms with Crippen molar-refractivity contribution in [2.24, 2.45) is 11.8 Å². The van der Waals surface area contributed by atoms with Gasteiger partial charge in [-0.1, -0.05) is 13.8 Å². The Morgan fingerprint density at radius 2 is 1.83 bits per heavy atom. The molecule has 0 spiro atoms. The molecule has 1 unspecified atom stereocenters. The van der Waals surface area contributed by atoms with Gasteiger partial charge < -0.3 is 9.64 Å². The molecule has 0 aromatic rings. The van der Waals surface area contributed by atoms with Gasteiger partial charge in [0, 0.05) is 26.7 Å². The van der Waals surface area contributed by atoms with E-state index in [0.29, 0.717) is 6.42 Å². The fraction of sp³-hybridized carbons (Fsp3) is 0.867. The van der Waals surface area contributed by atoms with Gasteiger partial charge in [-0.25, -0.2) is 13.2 Å². The van der Waals surface area contributed by atoms with Crippen molar-refractivity contribution in [1.82, 2.24) is 14.1 Å². The van der Waals surface area contributed by atoms with E-state index in [1.165, 1.54) is 16.3 Å². The zero-order valence-corrected chi connectivity index (χ0v) is 15.7. The lowest BCUT2D eigenvalue weighted by Crippen LogP contribution is -2.63. The van der Waals surface area contributed by atoms with Crippen molar-refractivity contribution in [3.63, 3.8) is 0 Å². The molecule has 2 fully saturated rings. The maximum Gasteiger partial charge on any atom is 0.328 e. The van der Waals surface area contributed by atoms with Crippen molar-refractivity contribution >= 4 is 21.9 Å². The van der Waals surface area contributed by atoms with E-state index in [-0.39, 0.29) is 24.9 Å². The van der Waals surface area contributed by atoms with Crippen LogP contribution in [0.5, 0.6) is 0 Å². The number of ether oxygens (including phenoxy) is 1. The van der Waals surface area contributed by atoms with Gasteiger partial charge in [-0.05, 0) is 19.4 Å². The Morgan fingerprint density at radius 1 is 1.25 bits per heavy atom. The highest BCUT2D eigenvalue weighted by molar-refractivity contribution is 7.89. The predicted molar refractivity (Wildman–Crippen MR) is 88.4 cm³/mol. The van der Waals surface area contributed by atoms with E-state index < -0.39 is 33.3 Å². The maximum absolute atomic E-state index is 12.6. The van der Waals surface area contributed by atoms with E-state index in [2.05, 4.69) is 0 Å². The Balaban J connectivity index is 1.97. The molecule has 2 atom stereocenters. The Morgan fingerprint density at radius 3 is 2.21 bits per heavy atom. The highest BCUT2D eigenvalue weighted by atomic mass is 32.2. The number of carbonyl (C=O) groups excluding carboxylic acids is 2. The van der Waals surface area contributed by atoms with E-state index in [0.717, 1.165) is 6.54 Å². The molecule has 2 aliphatic heterocycles. The zero-order chi connectivity index (χ0) is 18.2. The quantitative estimate of drug-likeness (QED) is 0.597. The van der Waals surface area contributed by atoms with Crippen LogP contribution in [0.4, 0.5) is 0 Å². The SMILES string of the molecule is COC(=O)C(C(C)C)N(C)C(=O)C1CN(S(=O)(=O)[C@@H]2CCN2C)C1. The fourth-order valence-corrected chi connectivity index (χ4v) is 5.35. The van der Waals surface area contributed by atoms with E-state index in [4.69, 9.17) is 4.74 Å². The lowest BCUT2D eigenvalue weighted by molar-refractivity contribution is -0.156. The average Bonchev–Trinajstić information content (AvgIpc) is 2.42. The molecule has 2 aliphatic rings. The molecule has 138 valence electrons. The van der Waals surface area contributed by atoms with Crippen LogP contribution >= 0.6 is 0 Å². The third-order valence-electron chi connectivity index (χ3n) is 4.96. The van der Waals surface area contributed by atoms with Crippen LogP contribution in [0.3, 0.4) is 0 Å². The summed E-state index contributed by atoms with van der Waals surface area (Å²) in [5.41, 5.74) is 0. The number of esters is 1. The van der Waals surface area contributed by atoms with Crippen LogP contribution in [-0.4, -0.2) is 86.7 Å². The van der Waals surface area contributed by atoms with Crippen molar-refractivity contribution in [3.8, 4) is 0 Å². The number of methoxy groups -OCH3 is 1. The van der Waals surface area contributed by atoms with Gasteiger partial charge in [-0.15, -0.1) is 0 Å². The van der Waals surface area contributed by atoms with Gasteiger partial charge in [0.1, 0.15) is 11.4 Å². The summed E-state index contributed by atoms with van der Waals surface area (Å²) in [6, 6.07) is -0.661. The van der Waals surface area contributed by atoms with Crippen LogP contribution in [0.15, 0.2) is 0 Å². The molecule has 9 heteroatoms.